The van der Waals surface area contributed by atoms with Crippen molar-refractivity contribution >= 4 is 0 Å². The Balaban J connectivity index is 1.71. The molecule has 3 heteroatoms. The van der Waals surface area contributed by atoms with E-state index in [9.17, 15) is 0 Å². The standard InChI is InChI=1S/C13H21N3/c1-3-7-14-11(5-1)9-13-15-10-12-6-2-4-8-16(12)13/h10-11,14H,1-9H2. The van der Waals surface area contributed by atoms with Gasteiger partial charge in [-0.2, -0.15) is 0 Å². The Bertz CT molecular complexity index is 350. The zero-order valence-electron chi connectivity index (χ0n) is 9.91. The molecule has 1 aromatic heterocycles. The molecule has 1 atom stereocenters. The first-order chi connectivity index (χ1) is 7.93. The lowest BCUT2D eigenvalue weighted by atomic mass is 10.0. The fourth-order valence-corrected chi connectivity index (χ4v) is 2.98. The van der Waals surface area contributed by atoms with E-state index in [0.29, 0.717) is 6.04 Å². The van der Waals surface area contributed by atoms with Crippen molar-refractivity contribution in [3.8, 4) is 0 Å². The summed E-state index contributed by atoms with van der Waals surface area (Å²) in [5, 5.41) is 3.61. The van der Waals surface area contributed by atoms with Gasteiger partial charge in [0.05, 0.1) is 0 Å². The number of imidazole rings is 1. The molecule has 0 radical (unpaired) electrons. The average molecular weight is 219 g/mol. The van der Waals surface area contributed by atoms with Crippen LogP contribution in [0, 0.1) is 0 Å². The van der Waals surface area contributed by atoms with Crippen LogP contribution < -0.4 is 5.32 Å². The molecule has 1 aromatic rings. The highest BCUT2D eigenvalue weighted by Gasteiger charge is 2.18. The van der Waals surface area contributed by atoms with Gasteiger partial charge in [0.1, 0.15) is 5.82 Å². The predicted molar refractivity (Wildman–Crippen MR) is 64.5 cm³/mol. The van der Waals surface area contributed by atoms with E-state index in [-0.39, 0.29) is 0 Å². The van der Waals surface area contributed by atoms with Gasteiger partial charge in [-0.1, -0.05) is 6.42 Å². The monoisotopic (exact) mass is 219 g/mol. The van der Waals surface area contributed by atoms with Crippen LogP contribution in [0.25, 0.3) is 0 Å². The van der Waals surface area contributed by atoms with Crippen LogP contribution in [-0.4, -0.2) is 22.1 Å². The third kappa shape index (κ3) is 2.01. The molecule has 2 aliphatic rings. The Hall–Kier alpha value is -0.830. The molecule has 3 rings (SSSR count). The Morgan fingerprint density at radius 1 is 1.31 bits per heavy atom. The summed E-state index contributed by atoms with van der Waals surface area (Å²) in [5.41, 5.74) is 1.46. The molecule has 0 saturated carbocycles. The van der Waals surface area contributed by atoms with Gasteiger partial charge in [0.25, 0.3) is 0 Å². The van der Waals surface area contributed by atoms with Crippen molar-refractivity contribution in [2.75, 3.05) is 6.54 Å². The Labute approximate surface area is 97.3 Å². The van der Waals surface area contributed by atoms with Gasteiger partial charge in [0, 0.05) is 30.9 Å². The third-order valence-electron chi connectivity index (χ3n) is 3.93. The molecule has 16 heavy (non-hydrogen) atoms. The summed E-state index contributed by atoms with van der Waals surface area (Å²) in [6, 6.07) is 0.669. The molecule has 1 N–H and O–H groups in total. The van der Waals surface area contributed by atoms with E-state index in [1.165, 1.54) is 63.1 Å². The van der Waals surface area contributed by atoms with Crippen LogP contribution in [-0.2, 0) is 19.4 Å². The average Bonchev–Trinajstić information content (AvgIpc) is 2.74. The summed E-state index contributed by atoms with van der Waals surface area (Å²) < 4.78 is 2.46. The SMILES string of the molecule is c1nc(CC2CCCCN2)n2c1CCCC2. The Morgan fingerprint density at radius 3 is 3.19 bits per heavy atom. The molecule has 0 aliphatic carbocycles. The molecule has 3 nitrogen and oxygen atoms in total. The molecule has 88 valence electrons. The lowest BCUT2D eigenvalue weighted by Crippen LogP contribution is -2.36. The molecule has 1 saturated heterocycles. The number of rotatable bonds is 2. The van der Waals surface area contributed by atoms with Crippen molar-refractivity contribution in [1.29, 1.82) is 0 Å². The molecule has 1 unspecified atom stereocenters. The van der Waals surface area contributed by atoms with Crippen LogP contribution in [0.15, 0.2) is 6.20 Å². The molecule has 0 amide bonds. The minimum absolute atomic E-state index is 0.669. The molecular formula is C13H21N3. The van der Waals surface area contributed by atoms with Gasteiger partial charge in [-0.3, -0.25) is 0 Å². The van der Waals surface area contributed by atoms with E-state index >= 15 is 0 Å². The van der Waals surface area contributed by atoms with Crippen molar-refractivity contribution in [2.45, 2.75) is 57.5 Å². The summed E-state index contributed by atoms with van der Waals surface area (Å²) in [6.07, 6.45) is 11.2. The van der Waals surface area contributed by atoms with Gasteiger partial charge in [-0.15, -0.1) is 0 Å². The van der Waals surface area contributed by atoms with E-state index < -0.39 is 0 Å². The molecule has 3 heterocycles. The van der Waals surface area contributed by atoms with Crippen LogP contribution in [0.1, 0.15) is 43.6 Å². The minimum atomic E-state index is 0.669. The maximum Gasteiger partial charge on any atom is 0.110 e. The fraction of sp³-hybridized carbons (Fsp3) is 0.769. The minimum Gasteiger partial charge on any atom is -0.332 e. The highest BCUT2D eigenvalue weighted by atomic mass is 15.1. The molecule has 1 fully saturated rings. The van der Waals surface area contributed by atoms with E-state index in [1.54, 1.807) is 0 Å². The molecular weight excluding hydrogens is 198 g/mol. The zero-order chi connectivity index (χ0) is 10.8. The number of hydrogen-bond donors (Lipinski definition) is 1. The lowest BCUT2D eigenvalue weighted by molar-refractivity contribution is 0.386. The van der Waals surface area contributed by atoms with Crippen molar-refractivity contribution in [1.82, 2.24) is 14.9 Å². The van der Waals surface area contributed by atoms with Crippen LogP contribution in [0.3, 0.4) is 0 Å². The quantitative estimate of drug-likeness (QED) is 0.823. The summed E-state index contributed by atoms with van der Waals surface area (Å²) >= 11 is 0. The first-order valence-electron chi connectivity index (χ1n) is 6.70. The van der Waals surface area contributed by atoms with Crippen LogP contribution in [0.5, 0.6) is 0 Å². The van der Waals surface area contributed by atoms with Gasteiger partial charge in [0.15, 0.2) is 0 Å². The number of hydrogen-bond acceptors (Lipinski definition) is 2. The Kier molecular flexibility index (Phi) is 2.96. The maximum absolute atomic E-state index is 4.61. The number of aryl methyl sites for hydroxylation is 1. The largest absolute Gasteiger partial charge is 0.332 e. The van der Waals surface area contributed by atoms with Crippen LogP contribution in [0.2, 0.25) is 0 Å². The van der Waals surface area contributed by atoms with Gasteiger partial charge in [-0.25, -0.2) is 4.98 Å². The highest BCUT2D eigenvalue weighted by Crippen LogP contribution is 2.19. The number of nitrogens with one attached hydrogen (secondary N) is 1. The summed E-state index contributed by atoms with van der Waals surface area (Å²) in [7, 11) is 0. The maximum atomic E-state index is 4.61. The number of piperidine rings is 1. The van der Waals surface area contributed by atoms with Crippen molar-refractivity contribution in [3.63, 3.8) is 0 Å². The van der Waals surface area contributed by atoms with Crippen molar-refractivity contribution < 1.29 is 0 Å². The van der Waals surface area contributed by atoms with E-state index in [1.807, 2.05) is 0 Å². The second kappa shape index (κ2) is 4.58. The number of nitrogens with zero attached hydrogens (tertiary/aromatic N) is 2. The van der Waals surface area contributed by atoms with Crippen molar-refractivity contribution in [2.24, 2.45) is 0 Å². The normalized spacial score (nSPS) is 25.4. The fourth-order valence-electron chi connectivity index (χ4n) is 2.98. The topological polar surface area (TPSA) is 29.9 Å². The third-order valence-corrected chi connectivity index (χ3v) is 3.93. The molecule has 0 aromatic carbocycles. The molecule has 0 spiro atoms. The number of aromatic nitrogens is 2. The zero-order valence-corrected chi connectivity index (χ0v) is 9.91. The second-order valence-corrected chi connectivity index (χ2v) is 5.13. The molecule has 0 bridgehead atoms. The summed E-state index contributed by atoms with van der Waals surface area (Å²) in [5.74, 6) is 1.31. The van der Waals surface area contributed by atoms with Crippen LogP contribution in [0.4, 0.5) is 0 Å². The van der Waals surface area contributed by atoms with E-state index in [4.69, 9.17) is 0 Å². The number of fused-ring (bicyclic) bond motifs is 1. The molecule has 2 aliphatic heterocycles. The second-order valence-electron chi connectivity index (χ2n) is 5.13. The van der Waals surface area contributed by atoms with Gasteiger partial charge < -0.3 is 9.88 Å². The first kappa shape index (κ1) is 10.3. The van der Waals surface area contributed by atoms with Gasteiger partial charge >= 0.3 is 0 Å². The van der Waals surface area contributed by atoms with E-state index in [2.05, 4.69) is 21.1 Å². The summed E-state index contributed by atoms with van der Waals surface area (Å²) in [6.45, 7) is 2.38. The van der Waals surface area contributed by atoms with E-state index in [0.717, 1.165) is 6.42 Å². The summed E-state index contributed by atoms with van der Waals surface area (Å²) in [4.78, 5) is 4.61. The van der Waals surface area contributed by atoms with Crippen LogP contribution >= 0.6 is 0 Å². The predicted octanol–water partition coefficient (Wildman–Crippen LogP) is 1.90. The smallest absolute Gasteiger partial charge is 0.110 e. The van der Waals surface area contributed by atoms with Gasteiger partial charge in [0.2, 0.25) is 0 Å². The highest BCUT2D eigenvalue weighted by molar-refractivity contribution is 5.09. The van der Waals surface area contributed by atoms with Gasteiger partial charge in [-0.05, 0) is 38.6 Å². The van der Waals surface area contributed by atoms with Crippen molar-refractivity contribution in [3.05, 3.63) is 17.7 Å². The first-order valence-corrected chi connectivity index (χ1v) is 6.70. The Morgan fingerprint density at radius 2 is 2.31 bits per heavy atom. The lowest BCUT2D eigenvalue weighted by Gasteiger charge is -2.24.